The minimum absolute atomic E-state index is 0.0194. The van der Waals surface area contributed by atoms with Gasteiger partial charge < -0.3 is 4.90 Å². The van der Waals surface area contributed by atoms with E-state index in [-0.39, 0.29) is 64.1 Å². The van der Waals surface area contributed by atoms with Crippen LogP contribution in [0.15, 0.2) is 41.3 Å². The predicted octanol–water partition coefficient (Wildman–Crippen LogP) is 7.98. The normalized spacial score (nSPS) is 30.4. The number of carbonyl (C=O) groups excluding carboxylic acids is 1. The Morgan fingerprint density at radius 2 is 1.59 bits per heavy atom. The van der Waals surface area contributed by atoms with Crippen molar-refractivity contribution in [3.05, 3.63) is 63.7 Å². The van der Waals surface area contributed by atoms with Crippen LogP contribution in [-0.4, -0.2) is 44.2 Å². The lowest BCUT2D eigenvalue weighted by atomic mass is 9.48. The van der Waals surface area contributed by atoms with E-state index in [0.717, 1.165) is 18.9 Å². The zero-order valence-corrected chi connectivity index (χ0v) is 25.5. The standard InChI is InChI=1S/C31H31ClF7NO3S/c1-17-13-27(14-17)15-20(16-27)26(41)40-10-9-28(44(42,43)22-6-3-18(2)24(32)12-22)23-7-5-21(11-19(23)4-8-25(28)40)29(33,30(34,35)36)31(37,38)39/h3,5-7,11-12,17,20,25H,4,8-10,13-16H2,1-2H3. The summed E-state index contributed by atoms with van der Waals surface area (Å²) in [6.45, 7) is 3.87. The van der Waals surface area contributed by atoms with Crippen molar-refractivity contribution < 1.29 is 43.9 Å². The molecule has 0 aromatic heterocycles. The Labute approximate surface area is 255 Å². The fourth-order valence-corrected chi connectivity index (χ4v) is 11.2. The number of nitrogens with zero attached hydrogens (tertiary/aromatic N) is 1. The number of hydrogen-bond donors (Lipinski definition) is 0. The average molecular weight is 666 g/mol. The van der Waals surface area contributed by atoms with E-state index in [9.17, 15) is 39.6 Å². The van der Waals surface area contributed by atoms with Crippen LogP contribution in [0.3, 0.4) is 0 Å². The second-order valence-corrected chi connectivity index (χ2v) is 15.9. The quantitative estimate of drug-likeness (QED) is 0.311. The number of alkyl halides is 7. The van der Waals surface area contributed by atoms with Gasteiger partial charge in [-0.2, -0.15) is 26.3 Å². The molecular formula is C31H31ClF7NO3S. The van der Waals surface area contributed by atoms with E-state index in [1.165, 1.54) is 18.2 Å². The van der Waals surface area contributed by atoms with Crippen LogP contribution in [0.1, 0.15) is 67.7 Å². The van der Waals surface area contributed by atoms with Gasteiger partial charge in [-0.15, -0.1) is 0 Å². The van der Waals surface area contributed by atoms with Gasteiger partial charge in [0.05, 0.1) is 10.9 Å². The molecule has 4 nitrogen and oxygen atoms in total. The third-order valence-corrected chi connectivity index (χ3v) is 13.5. The van der Waals surface area contributed by atoms with Crippen molar-refractivity contribution in [3.63, 3.8) is 0 Å². The first-order chi connectivity index (χ1) is 20.3. The van der Waals surface area contributed by atoms with Crippen molar-refractivity contribution in [1.29, 1.82) is 0 Å². The molecule has 2 atom stereocenters. The van der Waals surface area contributed by atoms with E-state index < -0.39 is 44.2 Å². The van der Waals surface area contributed by atoms with Crippen molar-refractivity contribution in [2.45, 2.75) is 92.5 Å². The van der Waals surface area contributed by atoms with E-state index in [2.05, 4.69) is 6.92 Å². The maximum atomic E-state index is 15.0. The van der Waals surface area contributed by atoms with Crippen LogP contribution in [0.25, 0.3) is 0 Å². The second-order valence-electron chi connectivity index (χ2n) is 13.3. The summed E-state index contributed by atoms with van der Waals surface area (Å²) in [6.07, 6.45) is -9.43. The minimum atomic E-state index is -6.31. The Morgan fingerprint density at radius 3 is 2.16 bits per heavy atom. The van der Waals surface area contributed by atoms with Gasteiger partial charge in [0, 0.05) is 23.0 Å². The number of aryl methyl sites for hydroxylation is 2. The number of rotatable bonds is 4. The largest absolute Gasteiger partial charge is 0.435 e. The fourth-order valence-electron chi connectivity index (χ4n) is 8.59. The van der Waals surface area contributed by atoms with Crippen molar-refractivity contribution in [1.82, 2.24) is 4.90 Å². The topological polar surface area (TPSA) is 54.5 Å². The monoisotopic (exact) mass is 665 g/mol. The molecule has 3 fully saturated rings. The SMILES string of the molecule is Cc1ccc(S(=O)(=O)C23CCN(C(=O)C4CC5(CC(C)C5)C4)C2CCc2cc(C(F)(C(F)(F)F)C(F)(F)F)ccc23)cc1Cl. The number of sulfone groups is 1. The van der Waals surface area contributed by atoms with Crippen LogP contribution >= 0.6 is 11.6 Å². The van der Waals surface area contributed by atoms with Gasteiger partial charge in [-0.1, -0.05) is 42.8 Å². The van der Waals surface area contributed by atoms with Crippen LogP contribution in [0.4, 0.5) is 30.7 Å². The summed E-state index contributed by atoms with van der Waals surface area (Å²) >= 11 is 6.28. The Kier molecular flexibility index (Phi) is 7.07. The van der Waals surface area contributed by atoms with E-state index in [1.807, 2.05) is 0 Å². The van der Waals surface area contributed by atoms with Crippen molar-refractivity contribution in [2.24, 2.45) is 17.3 Å². The van der Waals surface area contributed by atoms with Gasteiger partial charge in [-0.25, -0.2) is 12.8 Å². The Hall–Kier alpha value is -2.34. The molecule has 1 spiro atoms. The Bertz CT molecular complexity index is 1610. The average Bonchev–Trinajstić information content (AvgIpc) is 3.30. The second kappa shape index (κ2) is 9.83. The van der Waals surface area contributed by atoms with Gasteiger partial charge in [-0.05, 0) is 92.0 Å². The third kappa shape index (κ3) is 4.28. The first-order valence-electron chi connectivity index (χ1n) is 14.5. The number of likely N-dealkylation sites (tertiary alicyclic amines) is 1. The molecule has 0 bridgehead atoms. The number of fused-ring (bicyclic) bond motifs is 3. The number of benzene rings is 2. The first-order valence-corrected chi connectivity index (χ1v) is 16.4. The maximum Gasteiger partial charge on any atom is 0.435 e. The molecule has 6 rings (SSSR count). The van der Waals surface area contributed by atoms with Gasteiger partial charge >= 0.3 is 18.0 Å². The Balaban J connectivity index is 1.46. The summed E-state index contributed by atoms with van der Waals surface area (Å²) in [7, 11) is -4.44. The van der Waals surface area contributed by atoms with Crippen molar-refractivity contribution in [2.75, 3.05) is 6.54 Å². The molecule has 1 amide bonds. The van der Waals surface area contributed by atoms with Crippen LogP contribution in [0.2, 0.25) is 5.02 Å². The summed E-state index contributed by atoms with van der Waals surface area (Å²) in [4.78, 5) is 15.2. The molecule has 1 saturated heterocycles. The number of amides is 1. The van der Waals surface area contributed by atoms with E-state index in [1.54, 1.807) is 11.8 Å². The van der Waals surface area contributed by atoms with Crippen LogP contribution in [0.5, 0.6) is 0 Å². The lowest BCUT2D eigenvalue weighted by Gasteiger charge is -2.57. The highest BCUT2D eigenvalue weighted by molar-refractivity contribution is 7.92. The van der Waals surface area contributed by atoms with Gasteiger partial charge in [-0.3, -0.25) is 4.79 Å². The molecule has 0 N–H and O–H groups in total. The predicted molar refractivity (Wildman–Crippen MR) is 148 cm³/mol. The Morgan fingerprint density at radius 1 is 0.955 bits per heavy atom. The molecule has 2 aromatic carbocycles. The number of halogens is 8. The van der Waals surface area contributed by atoms with Gasteiger partial charge in [0.15, 0.2) is 9.84 Å². The summed E-state index contributed by atoms with van der Waals surface area (Å²) in [5.41, 5.74) is -6.72. The van der Waals surface area contributed by atoms with Gasteiger partial charge in [0.25, 0.3) is 0 Å². The molecule has 0 radical (unpaired) electrons. The zero-order chi connectivity index (χ0) is 32.3. The van der Waals surface area contributed by atoms with E-state index in [0.29, 0.717) is 36.5 Å². The summed E-state index contributed by atoms with van der Waals surface area (Å²) in [6, 6.07) is 4.93. The van der Waals surface area contributed by atoms with Gasteiger partial charge in [0.1, 0.15) is 4.75 Å². The molecule has 2 saturated carbocycles. The minimum Gasteiger partial charge on any atom is -0.337 e. The molecular weight excluding hydrogens is 635 g/mol. The van der Waals surface area contributed by atoms with Crippen LogP contribution in [-0.2, 0) is 31.5 Å². The summed E-state index contributed by atoms with van der Waals surface area (Å²) in [5, 5.41) is 0.156. The van der Waals surface area contributed by atoms with Crippen LogP contribution in [0, 0.1) is 24.2 Å². The van der Waals surface area contributed by atoms with E-state index in [4.69, 9.17) is 11.6 Å². The molecule has 3 aliphatic carbocycles. The highest BCUT2D eigenvalue weighted by atomic mass is 35.5. The lowest BCUT2D eigenvalue weighted by Crippen LogP contribution is -2.56. The smallest absolute Gasteiger partial charge is 0.337 e. The maximum absolute atomic E-state index is 15.0. The first kappa shape index (κ1) is 31.6. The molecule has 4 aliphatic rings. The molecule has 240 valence electrons. The molecule has 13 heteroatoms. The van der Waals surface area contributed by atoms with Crippen molar-refractivity contribution >= 4 is 27.3 Å². The van der Waals surface area contributed by atoms with Crippen LogP contribution < -0.4 is 0 Å². The highest BCUT2D eigenvalue weighted by Crippen LogP contribution is 2.62. The third-order valence-electron chi connectivity index (χ3n) is 10.6. The number of hydrogen-bond acceptors (Lipinski definition) is 3. The molecule has 2 aromatic rings. The fraction of sp³-hybridized carbons (Fsp3) is 0.581. The van der Waals surface area contributed by atoms with Crippen molar-refractivity contribution in [3.8, 4) is 0 Å². The van der Waals surface area contributed by atoms with Gasteiger partial charge in [0.2, 0.25) is 5.91 Å². The number of carbonyl (C=O) groups is 1. The molecule has 2 unspecified atom stereocenters. The molecule has 1 heterocycles. The zero-order valence-electron chi connectivity index (χ0n) is 24.0. The molecule has 1 aliphatic heterocycles. The lowest BCUT2D eigenvalue weighted by molar-refractivity contribution is -0.348. The summed E-state index contributed by atoms with van der Waals surface area (Å²) in [5.74, 6) is 0.134. The highest BCUT2D eigenvalue weighted by Gasteiger charge is 2.74. The van der Waals surface area contributed by atoms with E-state index >= 15 is 4.39 Å². The summed E-state index contributed by atoms with van der Waals surface area (Å²) < 4.78 is 124. The molecule has 44 heavy (non-hydrogen) atoms.